The zero-order valence-corrected chi connectivity index (χ0v) is 19.6. The van der Waals surface area contributed by atoms with Crippen LogP contribution in [0.2, 0.25) is 0 Å². The van der Waals surface area contributed by atoms with Crippen molar-refractivity contribution in [2.75, 3.05) is 40.8 Å². The van der Waals surface area contributed by atoms with Gasteiger partial charge in [0.1, 0.15) is 11.7 Å². The number of nitrogens with zero attached hydrogens (tertiary/aromatic N) is 3. The average molecular weight is 454 g/mol. The van der Waals surface area contributed by atoms with Crippen molar-refractivity contribution in [1.29, 1.82) is 0 Å². The average Bonchev–Trinajstić information content (AvgIpc) is 3.15. The van der Waals surface area contributed by atoms with Crippen LogP contribution in [-0.4, -0.2) is 113 Å². The van der Waals surface area contributed by atoms with Crippen LogP contribution in [0.15, 0.2) is 10.6 Å². The van der Waals surface area contributed by atoms with E-state index in [1.54, 1.807) is 6.92 Å². The molecule has 1 unspecified atom stereocenters. The molecule has 0 aromatic rings. The number of carbonyl (C=O) groups is 3. The number of quaternary nitrogens is 1. The van der Waals surface area contributed by atoms with Crippen LogP contribution in [0.5, 0.6) is 0 Å². The van der Waals surface area contributed by atoms with Crippen molar-refractivity contribution in [3.63, 3.8) is 0 Å². The van der Waals surface area contributed by atoms with Gasteiger partial charge < -0.3 is 29.8 Å². The Morgan fingerprint density at radius 3 is 2.45 bits per heavy atom. The molecule has 10 heteroatoms. The Morgan fingerprint density at radius 2 is 1.90 bits per heavy atom. The maximum Gasteiger partial charge on any atom is 0.353 e. The second-order valence-electron chi connectivity index (χ2n) is 10.2. The number of carboxylic acids is 1. The number of likely N-dealkylation sites (tertiary alicyclic amines) is 1. The summed E-state index contributed by atoms with van der Waals surface area (Å²) in [6.07, 6.45) is -0.172. The first-order valence-corrected chi connectivity index (χ1v) is 11.8. The summed E-state index contributed by atoms with van der Waals surface area (Å²) in [6, 6.07) is -0.0936. The lowest BCUT2D eigenvalue weighted by Gasteiger charge is -2.47. The van der Waals surface area contributed by atoms with Gasteiger partial charge in [0.05, 0.1) is 58.3 Å². The smallest absolute Gasteiger partial charge is 0.353 e. The third-order valence-corrected chi connectivity index (χ3v) is 8.77. The van der Waals surface area contributed by atoms with Gasteiger partial charge in [-0.25, -0.2) is 4.79 Å². The summed E-state index contributed by atoms with van der Waals surface area (Å²) < 4.78 is 0.841. The number of thioether (sulfide) groups is 1. The first kappa shape index (κ1) is 22.6. The van der Waals surface area contributed by atoms with Crippen molar-refractivity contribution >= 4 is 29.5 Å². The van der Waals surface area contributed by atoms with Crippen LogP contribution in [0.3, 0.4) is 0 Å². The number of aliphatic hydroxyl groups excluding tert-OH is 1. The van der Waals surface area contributed by atoms with E-state index in [1.165, 1.54) is 16.7 Å². The first-order valence-electron chi connectivity index (χ1n) is 10.9. The lowest BCUT2D eigenvalue weighted by Crippen LogP contribution is -2.67. The number of amides is 2. The third-order valence-electron chi connectivity index (χ3n) is 7.26. The highest BCUT2D eigenvalue weighted by Gasteiger charge is 2.60. The maximum absolute atomic E-state index is 12.9. The van der Waals surface area contributed by atoms with Crippen molar-refractivity contribution in [2.24, 2.45) is 11.8 Å². The number of carboxylic acid groups (broad SMARTS) is 1. The Labute approximate surface area is 187 Å². The molecular weight excluding hydrogens is 420 g/mol. The number of carbonyl (C=O) groups excluding carboxylic acids is 2. The van der Waals surface area contributed by atoms with Gasteiger partial charge in [-0.1, -0.05) is 6.92 Å². The lowest BCUT2D eigenvalue weighted by atomic mass is 9.79. The van der Waals surface area contributed by atoms with Gasteiger partial charge in [-0.15, -0.1) is 11.8 Å². The predicted octanol–water partition coefficient (Wildman–Crippen LogP) is -0.479. The molecule has 0 aromatic carbocycles. The van der Waals surface area contributed by atoms with Gasteiger partial charge in [-0.05, 0) is 13.3 Å². The van der Waals surface area contributed by atoms with Gasteiger partial charge in [0, 0.05) is 22.6 Å². The number of aliphatic hydroxyl groups is 1. The zero-order valence-electron chi connectivity index (χ0n) is 18.7. The van der Waals surface area contributed by atoms with Crippen molar-refractivity contribution < 1.29 is 29.1 Å². The molecule has 4 heterocycles. The Hall–Kier alpha value is -1.62. The highest BCUT2D eigenvalue weighted by molar-refractivity contribution is 8.03. The Kier molecular flexibility index (Phi) is 5.65. The van der Waals surface area contributed by atoms with Crippen molar-refractivity contribution in [3.8, 4) is 0 Å². The molecule has 31 heavy (non-hydrogen) atoms. The fraction of sp³-hybridized carbons (Fsp3) is 0.762. The van der Waals surface area contributed by atoms with Crippen LogP contribution in [0.25, 0.3) is 0 Å². The van der Waals surface area contributed by atoms with Gasteiger partial charge in [0.2, 0.25) is 11.8 Å². The summed E-state index contributed by atoms with van der Waals surface area (Å²) in [5.74, 6) is -2.02. The van der Waals surface area contributed by atoms with Crippen LogP contribution in [0, 0.1) is 11.8 Å². The molecule has 172 valence electrons. The van der Waals surface area contributed by atoms with E-state index >= 15 is 0 Å². The van der Waals surface area contributed by atoms with Gasteiger partial charge >= 0.3 is 5.97 Å². The van der Waals surface area contributed by atoms with E-state index in [0.717, 1.165) is 17.6 Å². The molecule has 3 N–H and O–H groups in total. The van der Waals surface area contributed by atoms with Gasteiger partial charge in [-0.2, -0.15) is 0 Å². The largest absolute Gasteiger partial charge is 0.477 e. The molecule has 0 saturated carbocycles. The van der Waals surface area contributed by atoms with Crippen molar-refractivity contribution in [3.05, 3.63) is 10.6 Å². The first-order chi connectivity index (χ1) is 14.4. The maximum atomic E-state index is 12.9. The molecule has 0 aromatic heterocycles. The standard InChI is InChI=1S/C21H32N4O5S/c1-10-16-15(11(2)26)20(28)24(16)17(21(29)30)18(10)31-13-6-14(22-7-13)19(27)23-8-12(9-23)25(3,4)5/h10-16,22,26H,6-9H2,1-5H3/p+1/t10-,11?,13+,14+,15-,16-/m1/s1. The predicted molar refractivity (Wildman–Crippen MR) is 116 cm³/mol. The number of β-lactam (4-membered cyclic amide) rings is 1. The van der Waals surface area contributed by atoms with E-state index in [0.29, 0.717) is 23.9 Å². The molecule has 3 fully saturated rings. The zero-order chi connectivity index (χ0) is 22.8. The minimum Gasteiger partial charge on any atom is -0.477 e. The fourth-order valence-electron chi connectivity index (χ4n) is 5.18. The molecule has 4 rings (SSSR count). The van der Waals surface area contributed by atoms with Gasteiger partial charge in [-0.3, -0.25) is 9.59 Å². The molecule has 0 bridgehead atoms. The summed E-state index contributed by atoms with van der Waals surface area (Å²) >= 11 is 1.47. The van der Waals surface area contributed by atoms with Gasteiger partial charge in [0.15, 0.2) is 0 Å². The van der Waals surface area contributed by atoms with Crippen molar-refractivity contribution in [1.82, 2.24) is 15.1 Å². The minimum atomic E-state index is -1.11. The second kappa shape index (κ2) is 7.75. The Morgan fingerprint density at radius 1 is 1.26 bits per heavy atom. The molecular formula is C21H33N4O5S+. The number of likely N-dealkylation sites (N-methyl/N-ethyl adjacent to an activating group) is 1. The molecule has 2 amide bonds. The fourth-order valence-corrected chi connectivity index (χ4v) is 6.66. The van der Waals surface area contributed by atoms with Crippen LogP contribution < -0.4 is 5.32 Å². The molecule has 4 aliphatic heterocycles. The molecule has 0 spiro atoms. The Bertz CT molecular complexity index is 832. The SMILES string of the molecule is CC(O)[C@H]1C(=O)N2C(C(=O)O)=C(S[C@@H]3CN[C@H](C(=O)N4CC([N+](C)(C)C)C4)C3)[C@H](C)[C@H]12. The van der Waals surface area contributed by atoms with E-state index in [2.05, 4.69) is 26.5 Å². The van der Waals surface area contributed by atoms with E-state index < -0.39 is 18.0 Å². The lowest BCUT2D eigenvalue weighted by molar-refractivity contribution is -0.900. The van der Waals surface area contributed by atoms with Crippen LogP contribution in [0.1, 0.15) is 20.3 Å². The normalized spacial score (nSPS) is 34.5. The van der Waals surface area contributed by atoms with Crippen LogP contribution in [-0.2, 0) is 14.4 Å². The summed E-state index contributed by atoms with van der Waals surface area (Å²) in [4.78, 5) is 41.2. The number of hydrogen-bond donors (Lipinski definition) is 3. The second-order valence-corrected chi connectivity index (χ2v) is 11.6. The number of hydrogen-bond acceptors (Lipinski definition) is 6. The highest BCUT2D eigenvalue weighted by atomic mass is 32.2. The summed E-state index contributed by atoms with van der Waals surface area (Å²) in [5, 5.41) is 23.1. The highest BCUT2D eigenvalue weighted by Crippen LogP contribution is 2.51. The van der Waals surface area contributed by atoms with E-state index in [1.807, 2.05) is 11.8 Å². The van der Waals surface area contributed by atoms with Crippen molar-refractivity contribution in [2.45, 2.75) is 49.7 Å². The number of fused-ring (bicyclic) bond motifs is 1. The molecule has 6 atom stereocenters. The molecule has 4 aliphatic rings. The Balaban J connectivity index is 1.40. The molecule has 3 saturated heterocycles. The molecule has 0 aliphatic carbocycles. The number of rotatable bonds is 6. The number of aliphatic carboxylic acids is 1. The minimum absolute atomic E-state index is 0.0488. The quantitative estimate of drug-likeness (QED) is 0.368. The molecule has 0 radical (unpaired) electrons. The van der Waals surface area contributed by atoms with Crippen LogP contribution >= 0.6 is 11.8 Å². The third kappa shape index (κ3) is 3.67. The van der Waals surface area contributed by atoms with E-state index in [4.69, 9.17) is 0 Å². The number of nitrogens with one attached hydrogen (secondary N) is 1. The summed E-state index contributed by atoms with van der Waals surface area (Å²) in [5.41, 5.74) is 0.0488. The van der Waals surface area contributed by atoms with E-state index in [9.17, 15) is 24.6 Å². The van der Waals surface area contributed by atoms with Gasteiger partial charge in [0.25, 0.3) is 0 Å². The molecule has 9 nitrogen and oxygen atoms in total. The van der Waals surface area contributed by atoms with E-state index in [-0.39, 0.29) is 40.8 Å². The topological polar surface area (TPSA) is 110 Å². The summed E-state index contributed by atoms with van der Waals surface area (Å²) in [7, 11) is 6.42. The summed E-state index contributed by atoms with van der Waals surface area (Å²) in [6.45, 7) is 5.66. The van der Waals surface area contributed by atoms with Crippen LogP contribution in [0.4, 0.5) is 0 Å². The monoisotopic (exact) mass is 453 g/mol.